The van der Waals surface area contributed by atoms with Crippen molar-refractivity contribution in [2.24, 2.45) is 0 Å². The van der Waals surface area contributed by atoms with Crippen molar-refractivity contribution in [3.05, 3.63) is 75.0 Å². The number of H-pyrrole nitrogens is 1. The first-order valence-electron chi connectivity index (χ1n) is 11.2. The van der Waals surface area contributed by atoms with E-state index in [0.29, 0.717) is 35.5 Å². The second-order valence-electron chi connectivity index (χ2n) is 8.14. The molecule has 4 rings (SSSR count). The lowest BCUT2D eigenvalue weighted by atomic mass is 10.0. The number of hydrogen-bond acceptors (Lipinski definition) is 5. The SMILES string of the molecule is CCCC1C(=O)N(Cc2ccc(-c3ccc(=O)[nH]c3)cc2)CCN1C(=O)COc1ccc(Cl)s1. The number of piperazine rings is 1. The second-order valence-corrected chi connectivity index (χ2v) is 9.81. The van der Waals surface area contributed by atoms with Crippen LogP contribution in [0.1, 0.15) is 25.3 Å². The van der Waals surface area contributed by atoms with E-state index >= 15 is 0 Å². The summed E-state index contributed by atoms with van der Waals surface area (Å²) < 4.78 is 6.18. The van der Waals surface area contributed by atoms with Crippen LogP contribution in [0.2, 0.25) is 4.34 Å². The van der Waals surface area contributed by atoms with Crippen LogP contribution in [0.3, 0.4) is 0 Å². The van der Waals surface area contributed by atoms with Crippen LogP contribution in [0.25, 0.3) is 11.1 Å². The number of nitrogens with zero attached hydrogens (tertiary/aromatic N) is 2. The van der Waals surface area contributed by atoms with Crippen molar-refractivity contribution in [1.82, 2.24) is 14.8 Å². The first-order valence-corrected chi connectivity index (χ1v) is 12.4. The van der Waals surface area contributed by atoms with Gasteiger partial charge in [0.1, 0.15) is 6.04 Å². The fourth-order valence-corrected chi connectivity index (χ4v) is 4.92. The maximum Gasteiger partial charge on any atom is 0.261 e. The number of hydrogen-bond donors (Lipinski definition) is 1. The van der Waals surface area contributed by atoms with E-state index in [2.05, 4.69) is 4.98 Å². The molecule has 2 aromatic heterocycles. The summed E-state index contributed by atoms with van der Waals surface area (Å²) in [7, 11) is 0. The van der Waals surface area contributed by atoms with Gasteiger partial charge in [0.05, 0.1) is 4.34 Å². The monoisotopic (exact) mass is 499 g/mol. The molecule has 9 heteroatoms. The molecule has 1 fully saturated rings. The van der Waals surface area contributed by atoms with Gasteiger partial charge in [0, 0.05) is 31.9 Å². The Hall–Kier alpha value is -3.10. The smallest absolute Gasteiger partial charge is 0.261 e. The zero-order valence-electron chi connectivity index (χ0n) is 18.8. The van der Waals surface area contributed by atoms with E-state index in [1.807, 2.05) is 36.1 Å². The topological polar surface area (TPSA) is 82.7 Å². The van der Waals surface area contributed by atoms with Gasteiger partial charge in [-0.1, -0.05) is 60.5 Å². The lowest BCUT2D eigenvalue weighted by Gasteiger charge is -2.40. The Morgan fingerprint density at radius 3 is 2.50 bits per heavy atom. The molecule has 34 heavy (non-hydrogen) atoms. The number of nitrogens with one attached hydrogen (secondary N) is 1. The Morgan fingerprint density at radius 1 is 1.09 bits per heavy atom. The molecular weight excluding hydrogens is 474 g/mol. The minimum atomic E-state index is -0.484. The highest BCUT2D eigenvalue weighted by Crippen LogP contribution is 2.28. The van der Waals surface area contributed by atoms with Gasteiger partial charge in [0.25, 0.3) is 5.91 Å². The molecular formula is C25H26ClN3O4S. The molecule has 1 N–H and O–H groups in total. The summed E-state index contributed by atoms with van der Waals surface area (Å²) in [4.78, 5) is 43.5. The number of rotatable bonds is 8. The molecule has 1 atom stereocenters. The number of ether oxygens (including phenoxy) is 1. The average molecular weight is 500 g/mol. The summed E-state index contributed by atoms with van der Waals surface area (Å²) in [6.07, 6.45) is 3.09. The maximum absolute atomic E-state index is 13.3. The Balaban J connectivity index is 1.39. The first-order chi connectivity index (χ1) is 16.4. The number of carbonyl (C=O) groups is 2. The molecule has 1 aliphatic heterocycles. The van der Waals surface area contributed by atoms with Gasteiger partial charge in [-0.15, -0.1) is 0 Å². The molecule has 0 aliphatic carbocycles. The normalized spacial score (nSPS) is 16.1. The van der Waals surface area contributed by atoms with Crippen LogP contribution in [0.4, 0.5) is 0 Å². The van der Waals surface area contributed by atoms with Gasteiger partial charge in [0.15, 0.2) is 11.7 Å². The highest BCUT2D eigenvalue weighted by atomic mass is 35.5. The van der Waals surface area contributed by atoms with Crippen molar-refractivity contribution in [3.63, 3.8) is 0 Å². The van der Waals surface area contributed by atoms with Gasteiger partial charge in [-0.2, -0.15) is 0 Å². The van der Waals surface area contributed by atoms with Crippen molar-refractivity contribution < 1.29 is 14.3 Å². The summed E-state index contributed by atoms with van der Waals surface area (Å²) >= 11 is 7.19. The molecule has 0 bridgehead atoms. The number of benzene rings is 1. The minimum absolute atomic E-state index is 0.0367. The van der Waals surface area contributed by atoms with Crippen LogP contribution in [0.5, 0.6) is 5.06 Å². The van der Waals surface area contributed by atoms with E-state index in [4.69, 9.17) is 16.3 Å². The van der Waals surface area contributed by atoms with Gasteiger partial charge in [-0.05, 0) is 41.3 Å². The number of pyridine rings is 1. The van der Waals surface area contributed by atoms with E-state index in [1.165, 1.54) is 17.4 Å². The molecule has 1 saturated heterocycles. The third kappa shape index (κ3) is 5.69. The Bertz CT molecular complexity index is 1190. The Morgan fingerprint density at radius 2 is 1.85 bits per heavy atom. The predicted octanol–water partition coefficient (Wildman–Crippen LogP) is 4.18. The lowest BCUT2D eigenvalue weighted by Crippen LogP contribution is -2.59. The van der Waals surface area contributed by atoms with Crippen molar-refractivity contribution in [1.29, 1.82) is 0 Å². The quantitative estimate of drug-likeness (QED) is 0.504. The highest BCUT2D eigenvalue weighted by Gasteiger charge is 2.36. The summed E-state index contributed by atoms with van der Waals surface area (Å²) in [5, 5.41) is 0.584. The summed E-state index contributed by atoms with van der Waals surface area (Å²) in [5.41, 5.74) is 2.78. The first kappa shape index (κ1) is 24.0. The molecule has 7 nitrogen and oxygen atoms in total. The van der Waals surface area contributed by atoms with E-state index in [1.54, 1.807) is 29.3 Å². The Kier molecular flexibility index (Phi) is 7.70. The standard InChI is InChI=1S/C25H26ClN3O4S/c1-2-3-20-25(32)28(12-13-29(20)23(31)16-33-24-11-9-21(26)34-24)15-17-4-6-18(7-5-17)19-8-10-22(30)27-14-19/h4-11,14,20H,2-3,12-13,15-16H2,1H3,(H,27,30). The number of thiophene rings is 1. The molecule has 1 aromatic carbocycles. The van der Waals surface area contributed by atoms with E-state index in [-0.39, 0.29) is 24.0 Å². The minimum Gasteiger partial charge on any atom is -0.474 e. The molecule has 0 saturated carbocycles. The van der Waals surface area contributed by atoms with Crippen molar-refractivity contribution in [2.75, 3.05) is 19.7 Å². The highest BCUT2D eigenvalue weighted by molar-refractivity contribution is 7.17. The fraction of sp³-hybridized carbons (Fsp3) is 0.320. The number of carbonyl (C=O) groups excluding carboxylic acids is 2. The van der Waals surface area contributed by atoms with Gasteiger partial charge < -0.3 is 19.5 Å². The van der Waals surface area contributed by atoms with Crippen LogP contribution in [0, 0.1) is 0 Å². The molecule has 1 unspecified atom stereocenters. The van der Waals surface area contributed by atoms with Crippen LogP contribution < -0.4 is 10.3 Å². The van der Waals surface area contributed by atoms with Gasteiger partial charge in [-0.25, -0.2) is 0 Å². The van der Waals surface area contributed by atoms with E-state index < -0.39 is 6.04 Å². The molecule has 0 spiro atoms. The third-order valence-electron chi connectivity index (χ3n) is 5.80. The molecule has 2 amide bonds. The van der Waals surface area contributed by atoms with Gasteiger partial charge >= 0.3 is 0 Å². The number of halogens is 1. The number of amides is 2. The largest absolute Gasteiger partial charge is 0.474 e. The number of aromatic nitrogens is 1. The summed E-state index contributed by atoms with van der Waals surface area (Å²) in [6.45, 7) is 3.32. The molecule has 1 aliphatic rings. The van der Waals surface area contributed by atoms with Crippen LogP contribution in [-0.2, 0) is 16.1 Å². The lowest BCUT2D eigenvalue weighted by molar-refractivity contribution is -0.153. The zero-order chi connectivity index (χ0) is 24.1. The van der Waals surface area contributed by atoms with Gasteiger partial charge in [0.2, 0.25) is 11.5 Å². The van der Waals surface area contributed by atoms with E-state index in [9.17, 15) is 14.4 Å². The Labute approximate surface area is 206 Å². The third-order valence-corrected chi connectivity index (χ3v) is 6.94. The number of aromatic amines is 1. The van der Waals surface area contributed by atoms with E-state index in [0.717, 1.165) is 23.1 Å². The summed E-state index contributed by atoms with van der Waals surface area (Å²) in [6, 6.07) is 14.2. The maximum atomic E-state index is 13.3. The molecule has 3 heterocycles. The summed E-state index contributed by atoms with van der Waals surface area (Å²) in [5.74, 6) is -0.230. The zero-order valence-corrected chi connectivity index (χ0v) is 20.4. The van der Waals surface area contributed by atoms with Crippen molar-refractivity contribution in [3.8, 4) is 16.2 Å². The van der Waals surface area contributed by atoms with Crippen molar-refractivity contribution >= 4 is 34.8 Å². The fourth-order valence-electron chi connectivity index (χ4n) is 4.05. The molecule has 3 aromatic rings. The molecule has 0 radical (unpaired) electrons. The predicted molar refractivity (Wildman–Crippen MR) is 133 cm³/mol. The van der Waals surface area contributed by atoms with Gasteiger partial charge in [-0.3, -0.25) is 14.4 Å². The van der Waals surface area contributed by atoms with Crippen LogP contribution in [0.15, 0.2) is 59.5 Å². The van der Waals surface area contributed by atoms with Crippen LogP contribution in [-0.4, -0.2) is 52.3 Å². The second kappa shape index (κ2) is 10.9. The van der Waals surface area contributed by atoms with Crippen molar-refractivity contribution in [2.45, 2.75) is 32.4 Å². The van der Waals surface area contributed by atoms with Crippen LogP contribution >= 0.6 is 22.9 Å². The average Bonchev–Trinajstić information content (AvgIpc) is 3.26. The molecule has 178 valence electrons.